The number of aromatic nitrogens is 1. The summed E-state index contributed by atoms with van der Waals surface area (Å²) in [6.07, 6.45) is 7.17. The molecule has 0 saturated carbocycles. The van der Waals surface area contributed by atoms with Gasteiger partial charge in [0.2, 0.25) is 0 Å². The monoisotopic (exact) mass is 473 g/mol. The lowest BCUT2D eigenvalue weighted by Gasteiger charge is -2.27. The summed E-state index contributed by atoms with van der Waals surface area (Å²) in [5, 5.41) is 2.68. The van der Waals surface area contributed by atoms with Crippen LogP contribution in [0.15, 0.2) is 58.5 Å². The first kappa shape index (κ1) is 23.3. The predicted octanol–water partition coefficient (Wildman–Crippen LogP) is 5.69. The molecule has 2 aliphatic heterocycles. The van der Waals surface area contributed by atoms with Crippen molar-refractivity contribution < 1.29 is 4.57 Å². The van der Waals surface area contributed by atoms with Crippen LogP contribution in [-0.4, -0.2) is 45.2 Å². The van der Waals surface area contributed by atoms with Crippen LogP contribution in [-0.2, 0) is 13.5 Å². The van der Waals surface area contributed by atoms with E-state index in [-0.39, 0.29) is 0 Å². The Kier molecular flexibility index (Phi) is 6.84. The van der Waals surface area contributed by atoms with Crippen molar-refractivity contribution in [3.05, 3.63) is 64.7 Å². The largest absolute Gasteiger partial charge is 0.335 e. The van der Waals surface area contributed by atoms with E-state index in [1.165, 1.54) is 56.3 Å². The zero-order chi connectivity index (χ0) is 23.7. The second-order valence-electron chi connectivity index (χ2n) is 9.78. The summed E-state index contributed by atoms with van der Waals surface area (Å²) in [6.45, 7) is 6.65. The minimum Gasteiger partial charge on any atom is -0.335 e. The van der Waals surface area contributed by atoms with Crippen molar-refractivity contribution in [2.75, 3.05) is 50.1 Å². The lowest BCUT2D eigenvalue weighted by atomic mass is 10.0. The summed E-state index contributed by atoms with van der Waals surface area (Å²) >= 11 is 1.93. The van der Waals surface area contributed by atoms with Gasteiger partial charge in [-0.15, -0.1) is 0 Å². The summed E-state index contributed by atoms with van der Waals surface area (Å²) in [6, 6.07) is 18.1. The Bertz CT molecular complexity index is 1220. The summed E-state index contributed by atoms with van der Waals surface area (Å²) < 4.78 is 2.39. The Hall–Kier alpha value is -2.50. The Labute approximate surface area is 208 Å². The van der Waals surface area contributed by atoms with E-state index in [1.54, 1.807) is 0 Å². The molecule has 2 aromatic carbocycles. The van der Waals surface area contributed by atoms with Gasteiger partial charge >= 0.3 is 0 Å². The first-order chi connectivity index (χ1) is 16.6. The van der Waals surface area contributed by atoms with Crippen molar-refractivity contribution >= 4 is 40.2 Å². The summed E-state index contributed by atoms with van der Waals surface area (Å²) in [5.41, 5.74) is 5.56. The number of thioether (sulfide) groups is 1. The fraction of sp³-hybridized carbons (Fsp3) is 0.414. The average molecular weight is 474 g/mol. The van der Waals surface area contributed by atoms with Gasteiger partial charge in [-0.2, -0.15) is 0 Å². The fourth-order valence-corrected chi connectivity index (χ4v) is 6.57. The highest BCUT2D eigenvalue weighted by Crippen LogP contribution is 2.50. The molecule has 0 unspecified atom stereocenters. The third kappa shape index (κ3) is 4.44. The van der Waals surface area contributed by atoms with Gasteiger partial charge in [-0.1, -0.05) is 49.0 Å². The Morgan fingerprint density at radius 2 is 1.91 bits per heavy atom. The van der Waals surface area contributed by atoms with E-state index in [9.17, 15) is 0 Å². The number of rotatable bonds is 8. The number of nitrogens with zero attached hydrogens (tertiary/aromatic N) is 4. The third-order valence-corrected chi connectivity index (χ3v) is 8.09. The van der Waals surface area contributed by atoms with E-state index in [0.717, 1.165) is 39.0 Å². The molecule has 0 radical (unpaired) electrons. The van der Waals surface area contributed by atoms with Gasteiger partial charge in [-0.05, 0) is 69.1 Å². The number of benzene rings is 2. The van der Waals surface area contributed by atoms with Crippen LogP contribution in [0.4, 0.5) is 11.5 Å². The predicted molar refractivity (Wildman–Crippen MR) is 147 cm³/mol. The van der Waals surface area contributed by atoms with Crippen LogP contribution < -0.4 is 14.4 Å². The number of hydrogen-bond donors (Lipinski definition) is 0. The SMILES string of the molecule is CCCN(CCCN(C)C)c1cc(/C=C2/Sc3cccc4c3N2CCC4)c2ccccc2[n+]1C. The number of para-hydroxylation sites is 2. The molecule has 5 rings (SSSR count). The molecule has 0 atom stereocenters. The van der Waals surface area contributed by atoms with Gasteiger partial charge in [0.15, 0.2) is 0 Å². The number of pyridine rings is 1. The first-order valence-electron chi connectivity index (χ1n) is 12.7. The molecule has 34 heavy (non-hydrogen) atoms. The molecule has 0 saturated heterocycles. The summed E-state index contributed by atoms with van der Waals surface area (Å²) in [5.74, 6) is 1.31. The average Bonchev–Trinajstić information content (AvgIpc) is 3.19. The van der Waals surface area contributed by atoms with E-state index in [4.69, 9.17) is 0 Å². The topological polar surface area (TPSA) is 13.6 Å². The lowest BCUT2D eigenvalue weighted by molar-refractivity contribution is -0.632. The Morgan fingerprint density at radius 3 is 2.74 bits per heavy atom. The van der Waals surface area contributed by atoms with Crippen LogP contribution in [0.25, 0.3) is 17.0 Å². The Balaban J connectivity index is 1.58. The van der Waals surface area contributed by atoms with Gasteiger partial charge < -0.3 is 9.80 Å². The van der Waals surface area contributed by atoms with E-state index in [2.05, 4.69) is 102 Å². The molecule has 0 bridgehead atoms. The summed E-state index contributed by atoms with van der Waals surface area (Å²) in [7, 11) is 6.54. The maximum atomic E-state index is 2.58. The molecule has 3 aromatic rings. The van der Waals surface area contributed by atoms with Crippen molar-refractivity contribution in [1.82, 2.24) is 4.90 Å². The zero-order valence-electron chi connectivity index (χ0n) is 21.1. The van der Waals surface area contributed by atoms with Crippen LogP contribution in [0.1, 0.15) is 37.3 Å². The zero-order valence-corrected chi connectivity index (χ0v) is 21.9. The van der Waals surface area contributed by atoms with E-state index in [0.29, 0.717) is 0 Å². The molecule has 2 aliphatic rings. The van der Waals surface area contributed by atoms with Crippen molar-refractivity contribution in [3.8, 4) is 0 Å². The molecule has 0 spiro atoms. The van der Waals surface area contributed by atoms with Crippen LogP contribution in [0.5, 0.6) is 0 Å². The van der Waals surface area contributed by atoms with Gasteiger partial charge in [0.1, 0.15) is 5.52 Å². The summed E-state index contributed by atoms with van der Waals surface area (Å²) in [4.78, 5) is 8.82. The van der Waals surface area contributed by atoms with Crippen molar-refractivity contribution in [2.45, 2.75) is 37.5 Å². The number of aryl methyl sites for hydroxylation is 2. The van der Waals surface area contributed by atoms with Crippen LogP contribution in [0, 0.1) is 0 Å². The molecular weight excluding hydrogens is 436 g/mol. The van der Waals surface area contributed by atoms with Crippen molar-refractivity contribution in [1.29, 1.82) is 0 Å². The number of anilines is 2. The molecule has 5 heteroatoms. The standard InChI is InChI=1S/C29H37N4S/c1-5-16-32(18-10-17-30(2)3)27-20-23(24-13-6-7-14-25(24)31(27)4)21-28-33-19-9-12-22-11-8-15-26(34-28)29(22)33/h6-8,11,13-15,20-21H,5,9-10,12,16-19H2,1-4H3/q+1. The molecule has 4 nitrogen and oxygen atoms in total. The van der Waals surface area contributed by atoms with Gasteiger partial charge in [0, 0.05) is 29.4 Å². The third-order valence-electron chi connectivity index (χ3n) is 7.00. The minimum atomic E-state index is 1.07. The van der Waals surface area contributed by atoms with E-state index >= 15 is 0 Å². The second kappa shape index (κ2) is 10.0. The van der Waals surface area contributed by atoms with Crippen LogP contribution in [0.2, 0.25) is 0 Å². The molecule has 0 N–H and O–H groups in total. The highest BCUT2D eigenvalue weighted by Gasteiger charge is 2.30. The molecule has 1 aromatic heterocycles. The van der Waals surface area contributed by atoms with Gasteiger partial charge in [-0.3, -0.25) is 4.90 Å². The lowest BCUT2D eigenvalue weighted by Crippen LogP contribution is -2.41. The van der Waals surface area contributed by atoms with Crippen LogP contribution in [0.3, 0.4) is 0 Å². The van der Waals surface area contributed by atoms with Gasteiger partial charge in [-0.25, -0.2) is 4.57 Å². The maximum absolute atomic E-state index is 2.58. The smallest absolute Gasteiger partial charge is 0.277 e. The number of fused-ring (bicyclic) bond motifs is 1. The van der Waals surface area contributed by atoms with Crippen molar-refractivity contribution in [3.63, 3.8) is 0 Å². The van der Waals surface area contributed by atoms with Gasteiger partial charge in [0.25, 0.3) is 5.82 Å². The highest BCUT2D eigenvalue weighted by atomic mass is 32.2. The van der Waals surface area contributed by atoms with E-state index < -0.39 is 0 Å². The highest BCUT2D eigenvalue weighted by molar-refractivity contribution is 8.03. The molecule has 0 aliphatic carbocycles. The van der Waals surface area contributed by atoms with Gasteiger partial charge in [0.05, 0.1) is 30.9 Å². The normalized spacial score (nSPS) is 16.0. The number of hydrogen-bond acceptors (Lipinski definition) is 4. The minimum absolute atomic E-state index is 1.07. The molecule has 3 heterocycles. The maximum Gasteiger partial charge on any atom is 0.277 e. The van der Waals surface area contributed by atoms with Crippen LogP contribution >= 0.6 is 11.8 Å². The molecule has 0 fully saturated rings. The second-order valence-corrected chi connectivity index (χ2v) is 10.8. The van der Waals surface area contributed by atoms with E-state index in [1.807, 2.05) is 11.8 Å². The molecule has 0 amide bonds. The molecule has 178 valence electrons. The fourth-order valence-electron chi connectivity index (χ4n) is 5.38. The van der Waals surface area contributed by atoms with Crippen molar-refractivity contribution in [2.24, 2.45) is 7.05 Å². The Morgan fingerprint density at radius 1 is 1.06 bits per heavy atom. The molecular formula is C29H37N4S+. The first-order valence-corrected chi connectivity index (χ1v) is 13.5. The quantitative estimate of drug-likeness (QED) is 0.390.